The van der Waals surface area contributed by atoms with Crippen LogP contribution in [0.15, 0.2) is 23.1 Å². The SMILES string of the molecule is CC1(OC(=O)c2cc(SOOO)cc(C(=O)OC3(C)C4CC5CC(C4)CC3C5)c2)C2CC3CC(C2)CC1C3. The number of rotatable bonds is 7. The molecule has 0 aliphatic heterocycles. The Morgan fingerprint density at radius 3 is 1.39 bits per heavy atom. The summed E-state index contributed by atoms with van der Waals surface area (Å²) in [5.41, 5.74) is -0.387. The molecule has 0 saturated heterocycles. The molecular weight excluding hydrogens is 504 g/mol. The minimum atomic E-state index is -0.479. The van der Waals surface area contributed by atoms with Gasteiger partial charge in [-0.2, -0.15) is 0 Å². The van der Waals surface area contributed by atoms with E-state index in [4.69, 9.17) is 14.7 Å². The number of carbonyl (C=O) groups is 2. The highest BCUT2D eigenvalue weighted by molar-refractivity contribution is 7.94. The van der Waals surface area contributed by atoms with Gasteiger partial charge in [-0.05, 0) is 144 Å². The monoisotopic (exact) mass is 542 g/mol. The zero-order chi connectivity index (χ0) is 26.2. The Morgan fingerprint density at radius 1 is 0.684 bits per heavy atom. The third kappa shape index (κ3) is 4.13. The second-order valence-corrected chi connectivity index (χ2v) is 14.5. The Kier molecular flexibility index (Phi) is 6.15. The molecule has 8 bridgehead atoms. The Morgan fingerprint density at radius 2 is 1.05 bits per heavy atom. The van der Waals surface area contributed by atoms with Gasteiger partial charge in [0.25, 0.3) is 0 Å². The van der Waals surface area contributed by atoms with Gasteiger partial charge in [-0.25, -0.2) is 14.8 Å². The average molecular weight is 543 g/mol. The van der Waals surface area contributed by atoms with Gasteiger partial charge < -0.3 is 9.47 Å². The molecule has 9 rings (SSSR count). The van der Waals surface area contributed by atoms with Gasteiger partial charge in [0.15, 0.2) is 0 Å². The average Bonchev–Trinajstić information content (AvgIpc) is 2.88. The number of carbonyl (C=O) groups excluding carboxylic acids is 2. The molecule has 8 aliphatic carbocycles. The second kappa shape index (κ2) is 9.22. The van der Waals surface area contributed by atoms with Crippen molar-refractivity contribution < 1.29 is 33.7 Å². The van der Waals surface area contributed by atoms with Gasteiger partial charge in [0, 0.05) is 4.90 Å². The largest absolute Gasteiger partial charge is 0.455 e. The first-order chi connectivity index (χ1) is 18.2. The predicted molar refractivity (Wildman–Crippen MR) is 139 cm³/mol. The molecule has 0 unspecified atom stereocenters. The van der Waals surface area contributed by atoms with Crippen LogP contribution in [-0.4, -0.2) is 28.4 Å². The smallest absolute Gasteiger partial charge is 0.338 e. The molecule has 8 fully saturated rings. The molecule has 1 aromatic rings. The molecule has 0 spiro atoms. The van der Waals surface area contributed by atoms with Gasteiger partial charge >= 0.3 is 11.9 Å². The molecule has 206 valence electrons. The van der Waals surface area contributed by atoms with Crippen molar-refractivity contribution in [1.82, 2.24) is 0 Å². The fourth-order valence-electron chi connectivity index (χ4n) is 10.0. The van der Waals surface area contributed by atoms with Gasteiger partial charge in [0.05, 0.1) is 23.2 Å². The van der Waals surface area contributed by atoms with Crippen molar-refractivity contribution >= 4 is 24.0 Å². The van der Waals surface area contributed by atoms with Crippen LogP contribution in [0, 0.1) is 47.3 Å². The Labute approximate surface area is 228 Å². The lowest BCUT2D eigenvalue weighted by Gasteiger charge is -2.59. The molecule has 1 N–H and O–H groups in total. The third-order valence-corrected chi connectivity index (χ3v) is 12.2. The molecule has 0 atom stereocenters. The highest BCUT2D eigenvalue weighted by atomic mass is 32.2. The fraction of sp³-hybridized carbons (Fsp3) is 0.733. The summed E-state index contributed by atoms with van der Waals surface area (Å²) in [6, 6.07) is 4.83. The molecule has 8 aliphatic rings. The number of hydrogen-bond acceptors (Lipinski definition) is 8. The zero-order valence-corrected chi connectivity index (χ0v) is 23.0. The van der Waals surface area contributed by atoms with Crippen LogP contribution in [0.2, 0.25) is 0 Å². The van der Waals surface area contributed by atoms with Crippen LogP contribution < -0.4 is 0 Å². The van der Waals surface area contributed by atoms with Gasteiger partial charge in [-0.1, -0.05) is 5.04 Å². The van der Waals surface area contributed by atoms with E-state index in [1.54, 1.807) is 18.2 Å². The molecule has 7 nitrogen and oxygen atoms in total. The quantitative estimate of drug-likeness (QED) is 0.173. The molecule has 1 aromatic carbocycles. The summed E-state index contributed by atoms with van der Waals surface area (Å²) in [5, 5.41) is 12.5. The lowest BCUT2D eigenvalue weighted by atomic mass is 9.50. The molecular formula is C30H38O7S. The van der Waals surface area contributed by atoms with Gasteiger partial charge in [0.2, 0.25) is 0 Å². The van der Waals surface area contributed by atoms with E-state index in [9.17, 15) is 9.59 Å². The van der Waals surface area contributed by atoms with Crippen molar-refractivity contribution in [3.63, 3.8) is 0 Å². The Bertz CT molecular complexity index is 995. The maximum atomic E-state index is 13.6. The number of hydrogen-bond donors (Lipinski definition) is 1. The third-order valence-electron chi connectivity index (χ3n) is 11.7. The summed E-state index contributed by atoms with van der Waals surface area (Å²) >= 11 is 0.732. The molecule has 0 aromatic heterocycles. The normalized spacial score (nSPS) is 43.9. The topological polar surface area (TPSA) is 91.3 Å². The summed E-state index contributed by atoms with van der Waals surface area (Å²) in [7, 11) is 0. The molecule has 8 heteroatoms. The van der Waals surface area contributed by atoms with Crippen molar-refractivity contribution in [2.24, 2.45) is 47.3 Å². The van der Waals surface area contributed by atoms with E-state index >= 15 is 0 Å². The second-order valence-electron chi connectivity index (χ2n) is 13.7. The van der Waals surface area contributed by atoms with Gasteiger partial charge in [0.1, 0.15) is 11.2 Å². The van der Waals surface area contributed by atoms with Gasteiger partial charge in [-0.3, -0.25) is 0 Å². The minimum absolute atomic E-state index is 0.286. The van der Waals surface area contributed by atoms with Crippen LogP contribution >= 0.6 is 12.0 Å². The summed E-state index contributed by atoms with van der Waals surface area (Å²) < 4.78 is 17.3. The van der Waals surface area contributed by atoms with Crippen LogP contribution in [0.5, 0.6) is 0 Å². The molecule has 0 amide bonds. The van der Waals surface area contributed by atoms with Crippen LogP contribution in [0.25, 0.3) is 0 Å². The zero-order valence-electron chi connectivity index (χ0n) is 22.2. The highest BCUT2D eigenvalue weighted by Gasteiger charge is 2.58. The van der Waals surface area contributed by atoms with Gasteiger partial charge in [-0.15, -0.1) is 4.33 Å². The number of benzene rings is 1. The Balaban J connectivity index is 1.13. The number of esters is 2. The number of ether oxygens (including phenoxy) is 2. The van der Waals surface area contributed by atoms with Crippen LogP contribution in [0.1, 0.15) is 98.8 Å². The minimum Gasteiger partial charge on any atom is -0.455 e. The summed E-state index contributed by atoms with van der Waals surface area (Å²) in [6.07, 6.45) is 11.7. The van der Waals surface area contributed by atoms with Crippen molar-refractivity contribution in [3.8, 4) is 0 Å². The first kappa shape index (κ1) is 25.4. The Hall–Kier alpha value is -1.61. The lowest BCUT2D eigenvalue weighted by molar-refractivity contribution is -0.432. The van der Waals surface area contributed by atoms with E-state index in [0.29, 0.717) is 28.6 Å². The van der Waals surface area contributed by atoms with E-state index in [-0.39, 0.29) is 11.1 Å². The van der Waals surface area contributed by atoms with E-state index in [1.807, 2.05) is 0 Å². The maximum absolute atomic E-state index is 13.6. The van der Waals surface area contributed by atoms with E-state index < -0.39 is 23.1 Å². The summed E-state index contributed by atoms with van der Waals surface area (Å²) in [4.78, 5) is 27.6. The molecule has 0 heterocycles. The predicted octanol–water partition coefficient (Wildman–Crippen LogP) is 6.86. The van der Waals surface area contributed by atoms with Crippen LogP contribution in [0.3, 0.4) is 0 Å². The first-order valence-electron chi connectivity index (χ1n) is 14.5. The van der Waals surface area contributed by atoms with E-state index in [2.05, 4.69) is 23.2 Å². The summed E-state index contributed by atoms with van der Waals surface area (Å²) in [5.74, 6) is 3.81. The fourth-order valence-corrected chi connectivity index (χ4v) is 10.5. The van der Waals surface area contributed by atoms with Crippen LogP contribution in [-0.2, 0) is 18.8 Å². The van der Waals surface area contributed by atoms with Crippen LogP contribution in [0.4, 0.5) is 0 Å². The molecule has 0 radical (unpaired) electrons. The molecule has 8 saturated carbocycles. The maximum Gasteiger partial charge on any atom is 0.338 e. The van der Waals surface area contributed by atoms with E-state index in [1.165, 1.54) is 12.8 Å². The first-order valence-corrected chi connectivity index (χ1v) is 15.2. The summed E-state index contributed by atoms with van der Waals surface area (Å²) in [6.45, 7) is 4.23. The highest BCUT2D eigenvalue weighted by Crippen LogP contribution is 2.60. The molecule has 38 heavy (non-hydrogen) atoms. The lowest BCUT2D eigenvalue weighted by Crippen LogP contribution is -2.58. The van der Waals surface area contributed by atoms with Crippen molar-refractivity contribution in [2.45, 2.75) is 94.2 Å². The standard InChI is InChI=1S/C30H38O7S/c1-29(22-5-16-3-17(7-22)8-23(29)6-16)34-27(31)20-13-21(15-26(14-20)38-37-36-33)28(32)35-30(2)24-9-18-4-19(11-24)12-25(30)10-18/h13-19,22-25,33H,3-12H2,1-2H3. The van der Waals surface area contributed by atoms with E-state index in [0.717, 1.165) is 87.1 Å². The van der Waals surface area contributed by atoms with Crippen molar-refractivity contribution in [3.05, 3.63) is 29.3 Å². The van der Waals surface area contributed by atoms with Crippen molar-refractivity contribution in [1.29, 1.82) is 0 Å². The van der Waals surface area contributed by atoms with Crippen molar-refractivity contribution in [2.75, 3.05) is 0 Å².